The lowest BCUT2D eigenvalue weighted by molar-refractivity contribution is -0.130. The Kier molecular flexibility index (Phi) is 7.22. The van der Waals surface area contributed by atoms with Gasteiger partial charge in [-0.05, 0) is 30.5 Å². The summed E-state index contributed by atoms with van der Waals surface area (Å²) in [6.07, 6.45) is 3.83. The lowest BCUT2D eigenvalue weighted by Crippen LogP contribution is -2.46. The number of anilines is 1. The monoisotopic (exact) mass is 401 g/mol. The molecule has 0 spiro atoms. The van der Waals surface area contributed by atoms with Crippen molar-refractivity contribution in [1.82, 2.24) is 4.98 Å². The van der Waals surface area contributed by atoms with Gasteiger partial charge in [0.1, 0.15) is 0 Å². The first-order chi connectivity index (χ1) is 11.6. The summed E-state index contributed by atoms with van der Waals surface area (Å²) >= 11 is 7.49. The number of nitrogens with two attached hydrogens (primary N) is 1. The standard InChI is InChI=1S/C17H20ClN3O2S.ClH/c18-13-3-1-2-12(8-13)9-14-10-20-16(24-14)21-15(22)17(11-19)4-6-23-7-5-17;/h1-3,8,10H,4-7,9,11,19H2,(H,20,21,22);1H. The molecule has 1 fully saturated rings. The van der Waals surface area contributed by atoms with Crippen molar-refractivity contribution in [3.63, 3.8) is 0 Å². The molecule has 1 aliphatic rings. The summed E-state index contributed by atoms with van der Waals surface area (Å²) in [5.74, 6) is -0.0584. The molecule has 0 radical (unpaired) electrons. The van der Waals surface area contributed by atoms with Crippen LogP contribution in [0, 0.1) is 5.41 Å². The Morgan fingerprint density at radius 2 is 2.16 bits per heavy atom. The van der Waals surface area contributed by atoms with Crippen LogP contribution in [0.25, 0.3) is 0 Å². The number of carbonyl (C=O) groups excluding carboxylic acids is 1. The zero-order valence-electron chi connectivity index (χ0n) is 13.7. The van der Waals surface area contributed by atoms with Crippen LogP contribution >= 0.6 is 35.3 Å². The summed E-state index contributed by atoms with van der Waals surface area (Å²) in [5, 5.41) is 4.25. The third kappa shape index (κ3) is 4.92. The van der Waals surface area contributed by atoms with Gasteiger partial charge in [-0.3, -0.25) is 4.79 Å². The Morgan fingerprint density at radius 1 is 1.40 bits per heavy atom. The van der Waals surface area contributed by atoms with Crippen LogP contribution in [0.3, 0.4) is 0 Å². The molecule has 1 amide bonds. The fraction of sp³-hybridized carbons (Fsp3) is 0.412. The van der Waals surface area contributed by atoms with E-state index in [4.69, 9.17) is 22.1 Å². The third-order valence-corrected chi connectivity index (χ3v) is 5.51. The Balaban J connectivity index is 0.00000225. The molecule has 2 aromatic rings. The number of nitrogens with one attached hydrogen (secondary N) is 1. The fourth-order valence-electron chi connectivity index (χ4n) is 2.81. The highest BCUT2D eigenvalue weighted by Crippen LogP contribution is 2.32. The molecule has 8 heteroatoms. The van der Waals surface area contributed by atoms with Gasteiger partial charge in [0, 0.05) is 42.3 Å². The summed E-state index contributed by atoms with van der Waals surface area (Å²) in [4.78, 5) is 18.0. The lowest BCUT2D eigenvalue weighted by atomic mass is 9.79. The normalized spacial score (nSPS) is 16.1. The SMILES string of the molecule is Cl.NCC1(C(=O)Nc2ncc(Cc3cccc(Cl)c3)s2)CCOCC1. The van der Waals surface area contributed by atoms with Gasteiger partial charge in [0.05, 0.1) is 5.41 Å². The van der Waals surface area contributed by atoms with E-state index in [1.54, 1.807) is 6.20 Å². The maximum absolute atomic E-state index is 12.6. The molecule has 0 atom stereocenters. The van der Waals surface area contributed by atoms with Crippen molar-refractivity contribution < 1.29 is 9.53 Å². The number of amides is 1. The van der Waals surface area contributed by atoms with Crippen LogP contribution < -0.4 is 11.1 Å². The average Bonchev–Trinajstić information content (AvgIpc) is 3.02. The number of aromatic nitrogens is 1. The minimum absolute atomic E-state index is 0. The van der Waals surface area contributed by atoms with Crippen molar-refractivity contribution in [2.24, 2.45) is 11.1 Å². The van der Waals surface area contributed by atoms with Gasteiger partial charge in [-0.1, -0.05) is 23.7 Å². The number of nitrogens with zero attached hydrogens (tertiary/aromatic N) is 1. The van der Waals surface area contributed by atoms with Crippen LogP contribution in [0.1, 0.15) is 23.3 Å². The molecular weight excluding hydrogens is 381 g/mol. The second-order valence-corrected chi connectivity index (χ2v) is 7.54. The third-order valence-electron chi connectivity index (χ3n) is 4.36. The first-order valence-electron chi connectivity index (χ1n) is 7.90. The van der Waals surface area contributed by atoms with Crippen molar-refractivity contribution in [2.45, 2.75) is 19.3 Å². The van der Waals surface area contributed by atoms with Crippen molar-refractivity contribution in [2.75, 3.05) is 25.1 Å². The minimum atomic E-state index is -0.545. The molecule has 0 bridgehead atoms. The second kappa shape index (κ2) is 8.96. The van der Waals surface area contributed by atoms with Gasteiger partial charge in [-0.15, -0.1) is 23.7 Å². The maximum atomic E-state index is 12.6. The van der Waals surface area contributed by atoms with Gasteiger partial charge in [-0.25, -0.2) is 4.98 Å². The quantitative estimate of drug-likeness (QED) is 0.803. The van der Waals surface area contributed by atoms with Gasteiger partial charge < -0.3 is 15.8 Å². The van der Waals surface area contributed by atoms with E-state index in [2.05, 4.69) is 10.3 Å². The van der Waals surface area contributed by atoms with E-state index < -0.39 is 5.41 Å². The minimum Gasteiger partial charge on any atom is -0.381 e. The molecule has 136 valence electrons. The zero-order chi connectivity index (χ0) is 17.0. The fourth-order valence-corrected chi connectivity index (χ4v) is 3.87. The number of rotatable bonds is 5. The summed E-state index contributed by atoms with van der Waals surface area (Å²) in [6, 6.07) is 7.74. The van der Waals surface area contributed by atoms with Crippen LogP contribution in [0.4, 0.5) is 5.13 Å². The van der Waals surface area contributed by atoms with Crippen LogP contribution in [0.2, 0.25) is 5.02 Å². The summed E-state index contributed by atoms with van der Waals surface area (Å²) in [7, 11) is 0. The highest BCUT2D eigenvalue weighted by atomic mass is 35.5. The zero-order valence-corrected chi connectivity index (χ0v) is 16.1. The number of benzene rings is 1. The van der Waals surface area contributed by atoms with E-state index >= 15 is 0 Å². The van der Waals surface area contributed by atoms with E-state index in [0.29, 0.717) is 37.7 Å². The van der Waals surface area contributed by atoms with E-state index in [9.17, 15) is 4.79 Å². The number of hydrogen-bond acceptors (Lipinski definition) is 5. The molecule has 0 saturated carbocycles. The molecule has 5 nitrogen and oxygen atoms in total. The molecule has 1 aromatic carbocycles. The predicted octanol–water partition coefficient (Wildman–Crippen LogP) is 3.50. The summed E-state index contributed by atoms with van der Waals surface area (Å²) in [5.41, 5.74) is 6.44. The Hall–Kier alpha value is -1.18. The Bertz CT molecular complexity index is 717. The smallest absolute Gasteiger partial charge is 0.233 e. The topological polar surface area (TPSA) is 77.2 Å². The first-order valence-corrected chi connectivity index (χ1v) is 9.09. The molecule has 2 heterocycles. The van der Waals surface area contributed by atoms with Gasteiger partial charge in [0.15, 0.2) is 5.13 Å². The molecule has 1 aliphatic heterocycles. The molecule has 25 heavy (non-hydrogen) atoms. The highest BCUT2D eigenvalue weighted by Gasteiger charge is 2.39. The van der Waals surface area contributed by atoms with E-state index in [0.717, 1.165) is 21.9 Å². The molecule has 1 aromatic heterocycles. The van der Waals surface area contributed by atoms with Crippen LogP contribution in [0.15, 0.2) is 30.5 Å². The van der Waals surface area contributed by atoms with Gasteiger partial charge in [-0.2, -0.15) is 0 Å². The van der Waals surface area contributed by atoms with E-state index in [1.165, 1.54) is 11.3 Å². The summed E-state index contributed by atoms with van der Waals surface area (Å²) < 4.78 is 5.35. The number of hydrogen-bond donors (Lipinski definition) is 2. The maximum Gasteiger partial charge on any atom is 0.233 e. The molecule has 1 saturated heterocycles. The summed E-state index contributed by atoms with van der Waals surface area (Å²) in [6.45, 7) is 1.47. The number of ether oxygens (including phenoxy) is 1. The van der Waals surface area contributed by atoms with Crippen molar-refractivity contribution >= 4 is 46.4 Å². The van der Waals surface area contributed by atoms with Crippen molar-refractivity contribution in [3.05, 3.63) is 45.9 Å². The van der Waals surface area contributed by atoms with Crippen LogP contribution in [-0.2, 0) is 16.0 Å². The molecule has 0 aliphatic carbocycles. The molecular formula is C17H21Cl2N3O2S. The number of halogens is 2. The lowest BCUT2D eigenvalue weighted by Gasteiger charge is -2.34. The van der Waals surface area contributed by atoms with Crippen molar-refractivity contribution in [3.8, 4) is 0 Å². The predicted molar refractivity (Wildman–Crippen MR) is 104 cm³/mol. The largest absolute Gasteiger partial charge is 0.381 e. The molecule has 3 N–H and O–H groups in total. The Labute approximate surface area is 162 Å². The van der Waals surface area contributed by atoms with E-state index in [1.807, 2.05) is 24.3 Å². The number of thiazole rings is 1. The van der Waals surface area contributed by atoms with Crippen LogP contribution in [0.5, 0.6) is 0 Å². The highest BCUT2D eigenvalue weighted by molar-refractivity contribution is 7.15. The van der Waals surface area contributed by atoms with E-state index in [-0.39, 0.29) is 18.3 Å². The molecule has 0 unspecified atom stereocenters. The first kappa shape index (κ1) is 20.1. The van der Waals surface area contributed by atoms with Crippen LogP contribution in [-0.4, -0.2) is 30.6 Å². The van der Waals surface area contributed by atoms with Gasteiger partial charge >= 0.3 is 0 Å². The second-order valence-electron chi connectivity index (χ2n) is 5.99. The Morgan fingerprint density at radius 3 is 2.84 bits per heavy atom. The van der Waals surface area contributed by atoms with Gasteiger partial charge in [0.25, 0.3) is 0 Å². The number of carbonyl (C=O) groups is 1. The molecule has 3 rings (SSSR count). The van der Waals surface area contributed by atoms with Crippen molar-refractivity contribution in [1.29, 1.82) is 0 Å². The van der Waals surface area contributed by atoms with Gasteiger partial charge in [0.2, 0.25) is 5.91 Å². The average molecular weight is 402 g/mol.